The van der Waals surface area contributed by atoms with E-state index in [0.717, 1.165) is 10.4 Å². The van der Waals surface area contributed by atoms with Gasteiger partial charge in [0, 0.05) is 21.3 Å². The molecule has 0 saturated heterocycles. The second kappa shape index (κ2) is 4.99. The van der Waals surface area contributed by atoms with E-state index in [1.165, 1.54) is 11.3 Å². The molecule has 0 aliphatic rings. The summed E-state index contributed by atoms with van der Waals surface area (Å²) in [7, 11) is 0. The number of hydrogen-bond acceptors (Lipinski definition) is 2. The molecule has 1 aromatic heterocycles. The quantitative estimate of drug-likeness (QED) is 0.881. The Balaban J connectivity index is 2.26. The second-order valence-electron chi connectivity index (χ2n) is 4.16. The summed E-state index contributed by atoms with van der Waals surface area (Å²) in [6, 6.07) is 9.19. The summed E-state index contributed by atoms with van der Waals surface area (Å²) in [4.78, 5) is 0.934. The van der Waals surface area contributed by atoms with Gasteiger partial charge in [0.15, 0.2) is 0 Å². The molecule has 4 heteroatoms. The molecule has 0 radical (unpaired) electrons. The zero-order valence-corrected chi connectivity index (χ0v) is 11.6. The van der Waals surface area contributed by atoms with Crippen molar-refractivity contribution in [2.75, 3.05) is 0 Å². The van der Waals surface area contributed by atoms with Gasteiger partial charge < -0.3 is 5.11 Å². The fourth-order valence-corrected chi connectivity index (χ4v) is 2.97. The van der Waals surface area contributed by atoms with E-state index >= 15 is 0 Å². The SMILES string of the molecule is CC(O)(Cc1ccc(Cl)cc1Cl)c1cccs1. The van der Waals surface area contributed by atoms with Gasteiger partial charge in [0.1, 0.15) is 0 Å². The van der Waals surface area contributed by atoms with Crippen LogP contribution in [0.3, 0.4) is 0 Å². The first-order valence-electron chi connectivity index (χ1n) is 5.19. The molecular formula is C13H12Cl2OS. The Kier molecular flexibility index (Phi) is 3.79. The monoisotopic (exact) mass is 286 g/mol. The van der Waals surface area contributed by atoms with Gasteiger partial charge in [0.25, 0.3) is 0 Å². The first-order chi connectivity index (χ1) is 7.99. The third-order valence-electron chi connectivity index (χ3n) is 2.60. The molecule has 1 aromatic carbocycles. The Morgan fingerprint density at radius 1 is 1.29 bits per heavy atom. The third-order valence-corrected chi connectivity index (χ3v) is 4.31. The van der Waals surface area contributed by atoms with Crippen LogP contribution in [0.5, 0.6) is 0 Å². The van der Waals surface area contributed by atoms with E-state index in [1.54, 1.807) is 19.1 Å². The molecule has 1 N–H and O–H groups in total. The van der Waals surface area contributed by atoms with Crippen LogP contribution in [0.1, 0.15) is 17.4 Å². The van der Waals surface area contributed by atoms with Gasteiger partial charge in [-0.25, -0.2) is 0 Å². The van der Waals surface area contributed by atoms with Crippen LogP contribution in [0.4, 0.5) is 0 Å². The molecule has 0 saturated carbocycles. The summed E-state index contributed by atoms with van der Waals surface area (Å²) in [5, 5.41) is 13.6. The lowest BCUT2D eigenvalue weighted by Gasteiger charge is -2.22. The number of aliphatic hydroxyl groups is 1. The highest BCUT2D eigenvalue weighted by Crippen LogP contribution is 2.32. The third kappa shape index (κ3) is 3.02. The van der Waals surface area contributed by atoms with Crippen molar-refractivity contribution in [1.29, 1.82) is 0 Å². The van der Waals surface area contributed by atoms with Crippen molar-refractivity contribution >= 4 is 34.5 Å². The molecule has 1 unspecified atom stereocenters. The summed E-state index contributed by atoms with van der Waals surface area (Å²) in [5.74, 6) is 0. The van der Waals surface area contributed by atoms with Crippen molar-refractivity contribution in [3.63, 3.8) is 0 Å². The van der Waals surface area contributed by atoms with E-state index in [0.29, 0.717) is 16.5 Å². The van der Waals surface area contributed by atoms with E-state index in [-0.39, 0.29) is 0 Å². The number of thiophene rings is 1. The molecule has 1 nitrogen and oxygen atoms in total. The second-order valence-corrected chi connectivity index (χ2v) is 5.95. The maximum absolute atomic E-state index is 10.4. The highest BCUT2D eigenvalue weighted by molar-refractivity contribution is 7.10. The van der Waals surface area contributed by atoms with Crippen molar-refractivity contribution in [3.05, 3.63) is 56.2 Å². The molecule has 0 spiro atoms. The standard InChI is InChI=1S/C13H12Cl2OS/c1-13(16,12-3-2-6-17-12)8-9-4-5-10(14)7-11(9)15/h2-7,16H,8H2,1H3. The minimum atomic E-state index is -0.897. The minimum absolute atomic E-state index is 0.476. The van der Waals surface area contributed by atoms with Crippen LogP contribution in [0.15, 0.2) is 35.7 Å². The van der Waals surface area contributed by atoms with Crippen LogP contribution in [-0.2, 0) is 12.0 Å². The summed E-state index contributed by atoms with van der Waals surface area (Å²) < 4.78 is 0. The number of hydrogen-bond donors (Lipinski definition) is 1. The number of halogens is 2. The zero-order valence-electron chi connectivity index (χ0n) is 9.28. The maximum atomic E-state index is 10.4. The van der Waals surface area contributed by atoms with Crippen LogP contribution < -0.4 is 0 Å². The predicted molar refractivity (Wildman–Crippen MR) is 74.1 cm³/mol. The molecule has 2 rings (SSSR count). The highest BCUT2D eigenvalue weighted by Gasteiger charge is 2.25. The van der Waals surface area contributed by atoms with Gasteiger partial charge in [-0.2, -0.15) is 0 Å². The molecule has 90 valence electrons. The number of benzene rings is 1. The lowest BCUT2D eigenvalue weighted by molar-refractivity contribution is 0.0615. The molecule has 0 fully saturated rings. The van der Waals surface area contributed by atoms with Gasteiger partial charge in [0.05, 0.1) is 5.60 Å². The topological polar surface area (TPSA) is 20.2 Å². The van der Waals surface area contributed by atoms with Crippen molar-refractivity contribution in [3.8, 4) is 0 Å². The smallest absolute Gasteiger partial charge is 0.1000 e. The average molecular weight is 287 g/mol. The molecule has 1 heterocycles. The normalized spacial score (nSPS) is 14.6. The van der Waals surface area contributed by atoms with Crippen LogP contribution in [-0.4, -0.2) is 5.11 Å². The minimum Gasteiger partial charge on any atom is -0.384 e. The van der Waals surface area contributed by atoms with Crippen LogP contribution in [0.2, 0.25) is 10.0 Å². The first kappa shape index (κ1) is 12.9. The molecular weight excluding hydrogens is 275 g/mol. The lowest BCUT2D eigenvalue weighted by Crippen LogP contribution is -2.23. The van der Waals surface area contributed by atoms with Crippen molar-refractivity contribution < 1.29 is 5.11 Å². The molecule has 2 aromatic rings. The van der Waals surface area contributed by atoms with Gasteiger partial charge in [-0.05, 0) is 36.1 Å². The molecule has 0 bridgehead atoms. The Hall–Kier alpha value is -0.540. The van der Waals surface area contributed by atoms with Crippen LogP contribution in [0, 0.1) is 0 Å². The van der Waals surface area contributed by atoms with E-state index in [1.807, 2.05) is 23.6 Å². The van der Waals surface area contributed by atoms with Gasteiger partial charge in [0.2, 0.25) is 0 Å². The fourth-order valence-electron chi connectivity index (χ4n) is 1.71. The van der Waals surface area contributed by atoms with Crippen molar-refractivity contribution in [2.45, 2.75) is 18.9 Å². The zero-order chi connectivity index (χ0) is 12.5. The lowest BCUT2D eigenvalue weighted by atomic mass is 9.95. The van der Waals surface area contributed by atoms with Gasteiger partial charge in [-0.15, -0.1) is 11.3 Å². The summed E-state index contributed by atoms with van der Waals surface area (Å²) in [6.07, 6.45) is 0.476. The Bertz CT molecular complexity index is 506. The summed E-state index contributed by atoms with van der Waals surface area (Å²) in [5.41, 5.74) is 0.000468. The Morgan fingerprint density at radius 3 is 2.65 bits per heavy atom. The first-order valence-corrected chi connectivity index (χ1v) is 6.83. The van der Waals surface area contributed by atoms with Gasteiger partial charge in [-0.1, -0.05) is 35.3 Å². The maximum Gasteiger partial charge on any atom is 0.1000 e. The van der Waals surface area contributed by atoms with E-state index in [9.17, 15) is 5.11 Å². The molecule has 0 aliphatic carbocycles. The van der Waals surface area contributed by atoms with Crippen molar-refractivity contribution in [2.24, 2.45) is 0 Å². The average Bonchev–Trinajstić information content (AvgIpc) is 2.76. The molecule has 1 atom stereocenters. The van der Waals surface area contributed by atoms with Gasteiger partial charge in [-0.3, -0.25) is 0 Å². The number of rotatable bonds is 3. The molecule has 0 aliphatic heterocycles. The van der Waals surface area contributed by atoms with E-state index < -0.39 is 5.60 Å². The van der Waals surface area contributed by atoms with Gasteiger partial charge >= 0.3 is 0 Å². The summed E-state index contributed by atoms with van der Waals surface area (Å²) >= 11 is 13.5. The molecule has 17 heavy (non-hydrogen) atoms. The molecule has 0 amide bonds. The Labute approximate surface area is 115 Å². The fraction of sp³-hybridized carbons (Fsp3) is 0.231. The Morgan fingerprint density at radius 2 is 2.06 bits per heavy atom. The van der Waals surface area contributed by atoms with E-state index in [2.05, 4.69) is 0 Å². The highest BCUT2D eigenvalue weighted by atomic mass is 35.5. The van der Waals surface area contributed by atoms with Crippen LogP contribution in [0.25, 0.3) is 0 Å². The van der Waals surface area contributed by atoms with E-state index in [4.69, 9.17) is 23.2 Å². The van der Waals surface area contributed by atoms with Crippen LogP contribution >= 0.6 is 34.5 Å². The van der Waals surface area contributed by atoms with Crippen molar-refractivity contribution in [1.82, 2.24) is 0 Å². The predicted octanol–water partition coefficient (Wildman–Crippen LogP) is 4.51. The summed E-state index contributed by atoms with van der Waals surface area (Å²) in [6.45, 7) is 1.80. The largest absolute Gasteiger partial charge is 0.384 e.